The number of nitrogens with zero attached hydrogens (tertiary/aromatic N) is 16. The molecule has 16 heteroatoms. The van der Waals surface area contributed by atoms with Crippen molar-refractivity contribution >= 4 is 0 Å². The third-order valence-electron chi connectivity index (χ3n) is 10.5. The van der Waals surface area contributed by atoms with E-state index >= 15 is 0 Å². The van der Waals surface area contributed by atoms with Crippen LogP contribution in [-0.2, 0) is 64.2 Å². The average molecular weight is 1380 g/mol. The van der Waals surface area contributed by atoms with Gasteiger partial charge in [0, 0.05) is 98.6 Å². The van der Waals surface area contributed by atoms with Crippen LogP contribution in [0.1, 0.15) is 264 Å². The summed E-state index contributed by atoms with van der Waals surface area (Å²) in [6, 6.07) is 34.1. The minimum Gasteiger partial charge on any atom is -0.265 e. The quantitative estimate of drug-likeness (QED) is 0.125. The Morgan fingerprint density at radius 3 is 0.900 bits per heavy atom. The van der Waals surface area contributed by atoms with Crippen LogP contribution < -0.4 is 0 Å². The SMILES string of the molecule is CC.CC.CC.CC.CC.CC.CC.CC.CC.CC.CCc1ccccc1.CCc1ccccn1.CCc1cccnc1.CCc1cccnn1.CCc1ccncc1.CCc1ccncn1.CCc1ccnnc1.CCc1cncnc1.CCc1ncccn1.CCc1ncncn1. The number of rotatable bonds is 10. The van der Waals surface area contributed by atoms with Gasteiger partial charge < -0.3 is 0 Å². The molecular formula is C84H144N16. The lowest BCUT2D eigenvalue weighted by molar-refractivity contribution is 0.896. The first-order valence-electron chi connectivity index (χ1n) is 37.4. The van der Waals surface area contributed by atoms with Gasteiger partial charge in [0.15, 0.2) is 0 Å². The average Bonchev–Trinajstić information content (AvgIpc) is 3.95. The Labute approximate surface area is 614 Å². The molecule has 9 heterocycles. The molecule has 1 aromatic carbocycles. The molecule has 9 aromatic heterocycles. The highest BCUT2D eigenvalue weighted by Gasteiger charge is 1.88. The van der Waals surface area contributed by atoms with Gasteiger partial charge in [0.25, 0.3) is 0 Å². The van der Waals surface area contributed by atoms with Crippen molar-refractivity contribution in [2.24, 2.45) is 0 Å². The van der Waals surface area contributed by atoms with Crippen LogP contribution in [0.5, 0.6) is 0 Å². The highest BCUT2D eigenvalue weighted by atomic mass is 15.1. The Hall–Kier alpha value is -8.92. The zero-order valence-electron chi connectivity index (χ0n) is 68.9. The highest BCUT2D eigenvalue weighted by Crippen LogP contribution is 1.99. The fourth-order valence-corrected chi connectivity index (χ4v) is 5.59. The second-order valence-electron chi connectivity index (χ2n) is 16.2. The van der Waals surface area contributed by atoms with E-state index in [0.29, 0.717) is 0 Å². The molecule has 0 radical (unpaired) electrons. The maximum absolute atomic E-state index is 4.10. The van der Waals surface area contributed by atoms with Gasteiger partial charge in [-0.15, -0.1) is 0 Å². The van der Waals surface area contributed by atoms with Crippen LogP contribution in [-0.4, -0.2) is 80.2 Å². The normalized spacial score (nSPS) is 7.90. The van der Waals surface area contributed by atoms with Crippen molar-refractivity contribution in [3.63, 3.8) is 0 Å². The van der Waals surface area contributed by atoms with E-state index in [-0.39, 0.29) is 0 Å². The summed E-state index contributed by atoms with van der Waals surface area (Å²) in [4.78, 5) is 46.8. The highest BCUT2D eigenvalue weighted by molar-refractivity contribution is 5.14. The van der Waals surface area contributed by atoms with Crippen molar-refractivity contribution in [1.29, 1.82) is 0 Å². The van der Waals surface area contributed by atoms with Crippen LogP contribution in [0.3, 0.4) is 0 Å². The van der Waals surface area contributed by atoms with Crippen LogP contribution in [0.25, 0.3) is 0 Å². The fraction of sp³-hybridized carbons (Fsp3) is 0.476. The lowest BCUT2D eigenvalue weighted by Crippen LogP contribution is -1.90. The van der Waals surface area contributed by atoms with E-state index < -0.39 is 0 Å². The molecule has 0 atom stereocenters. The second kappa shape index (κ2) is 109. The molecule has 0 unspecified atom stereocenters. The number of hydrogen-bond donors (Lipinski definition) is 0. The van der Waals surface area contributed by atoms with Crippen LogP contribution in [0, 0.1) is 0 Å². The molecule has 0 bridgehead atoms. The molecule has 10 aromatic rings. The summed E-state index contributed by atoms with van der Waals surface area (Å²) < 4.78 is 0. The Kier molecular flexibility index (Phi) is 122. The first kappa shape index (κ1) is 112. The van der Waals surface area contributed by atoms with Crippen molar-refractivity contribution in [2.75, 3.05) is 0 Å². The summed E-state index contributed by atoms with van der Waals surface area (Å²) in [7, 11) is 0. The van der Waals surface area contributed by atoms with Gasteiger partial charge >= 0.3 is 0 Å². The van der Waals surface area contributed by atoms with Gasteiger partial charge in [-0.05, 0) is 140 Å². The molecule has 0 aliphatic heterocycles. The van der Waals surface area contributed by atoms with Gasteiger partial charge in [-0.25, -0.2) is 44.9 Å². The lowest BCUT2D eigenvalue weighted by Gasteiger charge is -1.89. The number of pyridine rings is 3. The molecule has 560 valence electrons. The summed E-state index contributed by atoms with van der Waals surface area (Å²) in [5.41, 5.74) is 9.78. The van der Waals surface area contributed by atoms with Gasteiger partial charge in [-0.2, -0.15) is 20.4 Å². The minimum absolute atomic E-state index is 0.847. The molecule has 0 aliphatic carbocycles. The molecule has 16 nitrogen and oxygen atoms in total. The Morgan fingerprint density at radius 2 is 0.600 bits per heavy atom. The number of aromatic nitrogens is 16. The lowest BCUT2D eigenvalue weighted by atomic mass is 10.2. The molecule has 0 saturated heterocycles. The third-order valence-corrected chi connectivity index (χ3v) is 10.5. The summed E-state index contributed by atoms with van der Waals surface area (Å²) in [6.07, 6.45) is 39.5. The second-order valence-corrected chi connectivity index (χ2v) is 16.2. The van der Waals surface area contributed by atoms with Crippen molar-refractivity contribution in [2.45, 2.75) is 272 Å². The number of benzene rings is 1. The number of aryl methyl sites for hydroxylation is 10. The summed E-state index contributed by atoms with van der Waals surface area (Å²) in [5.74, 6) is 1.76. The van der Waals surface area contributed by atoms with Crippen LogP contribution in [0.4, 0.5) is 0 Å². The molecule has 0 aliphatic rings. The van der Waals surface area contributed by atoms with E-state index in [1.807, 2.05) is 262 Å². The molecule has 10 rings (SSSR count). The van der Waals surface area contributed by atoms with E-state index in [4.69, 9.17) is 0 Å². The predicted molar refractivity (Wildman–Crippen MR) is 436 cm³/mol. The molecule has 100 heavy (non-hydrogen) atoms. The van der Waals surface area contributed by atoms with E-state index in [2.05, 4.69) is 166 Å². The maximum atomic E-state index is 4.10. The van der Waals surface area contributed by atoms with E-state index in [1.54, 1.807) is 56.0 Å². The van der Waals surface area contributed by atoms with Gasteiger partial charge in [0.2, 0.25) is 0 Å². The third kappa shape index (κ3) is 83.3. The van der Waals surface area contributed by atoms with Gasteiger partial charge in [-0.3, -0.25) is 15.0 Å². The zero-order chi connectivity index (χ0) is 78.2. The largest absolute Gasteiger partial charge is 0.265 e. The monoisotopic (exact) mass is 1380 g/mol. The molecule has 0 saturated carbocycles. The first-order valence-corrected chi connectivity index (χ1v) is 37.4. The van der Waals surface area contributed by atoms with E-state index in [0.717, 1.165) is 92.9 Å². The molecule has 0 N–H and O–H groups in total. The summed E-state index contributed by atoms with van der Waals surface area (Å²) in [6.45, 7) is 60.9. The van der Waals surface area contributed by atoms with Crippen molar-refractivity contribution in [1.82, 2.24) is 80.2 Å². The number of hydrogen-bond acceptors (Lipinski definition) is 16. The smallest absolute Gasteiger partial charge is 0.131 e. The maximum Gasteiger partial charge on any atom is 0.131 e. The Morgan fingerprint density at radius 1 is 0.200 bits per heavy atom. The Balaban J connectivity index is -0.000000109. The van der Waals surface area contributed by atoms with Crippen molar-refractivity contribution < 1.29 is 0 Å². The topological polar surface area (TPSA) is 206 Å². The van der Waals surface area contributed by atoms with E-state index in [9.17, 15) is 0 Å². The molecular weight excluding hydrogens is 1230 g/mol. The summed E-state index contributed by atoms with van der Waals surface area (Å²) in [5, 5.41) is 14.9. The molecule has 0 spiro atoms. The van der Waals surface area contributed by atoms with Crippen LogP contribution >= 0.6 is 0 Å². The van der Waals surface area contributed by atoms with Crippen molar-refractivity contribution in [3.8, 4) is 0 Å². The predicted octanol–water partition coefficient (Wildman–Crippen LogP) is 23.1. The zero-order valence-corrected chi connectivity index (χ0v) is 68.9. The molecule has 0 amide bonds. The standard InChI is InChI=1S/C8H10.3C7H9N.5C6H8N2.C5H7N3.10C2H6/c1-2-8-6-4-3-5-7-8;1-2-7-3-5-8-6-4-7;1-2-7-4-3-5-8-6-7;1-2-7-5-3-4-6-8-7;1-2-6-3-7-5-8-4-6;1-2-6-3-4-7-5-8-6;1-2-6-3-4-7-8-5-6;1-2-6-7-4-3-5-8-6;1-2-6-4-3-5-7-8-6;1-2-5-7-3-6-4-8-5;10*1-2/h3-7H,2H2,1H3;3*3-6H,2H2,1H3;5*3-5H,2H2,1H3;3-4H,2H2,1H3;10*1-2H3. The first-order chi connectivity index (χ1) is 49.3. The van der Waals surface area contributed by atoms with E-state index in [1.165, 1.54) is 40.5 Å². The van der Waals surface area contributed by atoms with Gasteiger partial charge in [0.1, 0.15) is 37.0 Å². The van der Waals surface area contributed by atoms with Gasteiger partial charge in [-0.1, -0.05) is 250 Å². The Bertz CT molecular complexity index is 2130. The summed E-state index contributed by atoms with van der Waals surface area (Å²) >= 11 is 0. The van der Waals surface area contributed by atoms with Crippen LogP contribution in [0.15, 0.2) is 209 Å². The molecule has 0 fully saturated rings. The van der Waals surface area contributed by atoms with Gasteiger partial charge in [0.05, 0.1) is 11.9 Å². The fourth-order valence-electron chi connectivity index (χ4n) is 5.59. The minimum atomic E-state index is 0.847. The van der Waals surface area contributed by atoms with Crippen LogP contribution in [0.2, 0.25) is 0 Å². The van der Waals surface area contributed by atoms with Crippen molar-refractivity contribution in [3.05, 3.63) is 266 Å².